The SMILES string of the molecule is Nc1nsc(NCC2CCSCC2)c1-c1ccncc1. The van der Waals surface area contributed by atoms with E-state index in [-0.39, 0.29) is 0 Å². The molecule has 3 N–H and O–H groups in total. The molecule has 4 nitrogen and oxygen atoms in total. The summed E-state index contributed by atoms with van der Waals surface area (Å²) in [5.74, 6) is 3.94. The molecular weight excluding hydrogens is 288 g/mol. The van der Waals surface area contributed by atoms with Gasteiger partial charge < -0.3 is 11.1 Å². The first kappa shape index (κ1) is 13.7. The van der Waals surface area contributed by atoms with Crippen LogP contribution in [0.5, 0.6) is 0 Å². The van der Waals surface area contributed by atoms with Crippen LogP contribution in [0, 0.1) is 5.92 Å². The number of aromatic nitrogens is 2. The van der Waals surface area contributed by atoms with Gasteiger partial charge in [0.15, 0.2) is 0 Å². The number of nitrogens with one attached hydrogen (secondary N) is 1. The standard InChI is InChI=1S/C14H18N4S2/c15-13-12(11-1-5-16-6-2-11)14(20-18-13)17-9-10-3-7-19-8-4-10/h1-2,5-6,10,17H,3-4,7-9H2,(H2,15,18). The molecule has 0 saturated carbocycles. The van der Waals surface area contributed by atoms with Crippen LogP contribution in [0.3, 0.4) is 0 Å². The van der Waals surface area contributed by atoms with Crippen LogP contribution in [-0.2, 0) is 0 Å². The highest BCUT2D eigenvalue weighted by Crippen LogP contribution is 2.36. The highest BCUT2D eigenvalue weighted by atomic mass is 32.2. The lowest BCUT2D eigenvalue weighted by Crippen LogP contribution is -2.18. The lowest BCUT2D eigenvalue weighted by Gasteiger charge is -2.21. The molecule has 0 bridgehead atoms. The van der Waals surface area contributed by atoms with Gasteiger partial charge in [-0.05, 0) is 59.5 Å². The number of nitrogen functional groups attached to an aromatic ring is 1. The number of thioether (sulfide) groups is 1. The van der Waals surface area contributed by atoms with Gasteiger partial charge in [-0.3, -0.25) is 4.98 Å². The monoisotopic (exact) mass is 306 g/mol. The number of hydrogen-bond donors (Lipinski definition) is 2. The van der Waals surface area contributed by atoms with Gasteiger partial charge in [-0.1, -0.05) is 0 Å². The summed E-state index contributed by atoms with van der Waals surface area (Å²) in [7, 11) is 0. The lowest BCUT2D eigenvalue weighted by molar-refractivity contribution is 0.516. The molecule has 1 saturated heterocycles. The summed E-state index contributed by atoms with van der Waals surface area (Å²) >= 11 is 3.51. The van der Waals surface area contributed by atoms with E-state index in [4.69, 9.17) is 5.73 Å². The molecule has 2 aromatic heterocycles. The minimum Gasteiger partial charge on any atom is -0.382 e. The van der Waals surface area contributed by atoms with E-state index in [1.165, 1.54) is 35.9 Å². The minimum atomic E-state index is 0.600. The fraction of sp³-hybridized carbons (Fsp3) is 0.429. The predicted octanol–water partition coefficient (Wildman–Crippen LogP) is 3.34. The Bertz CT molecular complexity index is 550. The zero-order chi connectivity index (χ0) is 13.8. The van der Waals surface area contributed by atoms with Crippen molar-refractivity contribution < 1.29 is 0 Å². The van der Waals surface area contributed by atoms with Crippen molar-refractivity contribution in [2.75, 3.05) is 29.1 Å². The van der Waals surface area contributed by atoms with E-state index >= 15 is 0 Å². The summed E-state index contributed by atoms with van der Waals surface area (Å²) in [6.07, 6.45) is 6.18. The van der Waals surface area contributed by atoms with Crippen molar-refractivity contribution in [2.45, 2.75) is 12.8 Å². The summed E-state index contributed by atoms with van der Waals surface area (Å²) in [4.78, 5) is 4.05. The zero-order valence-electron chi connectivity index (χ0n) is 11.2. The molecule has 3 heterocycles. The fourth-order valence-electron chi connectivity index (χ4n) is 2.41. The normalized spacial score (nSPS) is 16.2. The first-order valence-corrected chi connectivity index (χ1v) is 8.74. The van der Waals surface area contributed by atoms with E-state index in [1.54, 1.807) is 12.4 Å². The first-order chi connectivity index (χ1) is 9.84. The summed E-state index contributed by atoms with van der Waals surface area (Å²) in [5.41, 5.74) is 8.11. The topological polar surface area (TPSA) is 63.8 Å². The van der Waals surface area contributed by atoms with Gasteiger partial charge >= 0.3 is 0 Å². The maximum Gasteiger partial charge on any atom is 0.147 e. The highest BCUT2D eigenvalue weighted by Gasteiger charge is 2.17. The Hall–Kier alpha value is -1.27. The van der Waals surface area contributed by atoms with Crippen LogP contribution in [-0.4, -0.2) is 27.4 Å². The molecule has 6 heteroatoms. The molecule has 1 aliphatic heterocycles. The maximum atomic E-state index is 6.02. The predicted molar refractivity (Wildman–Crippen MR) is 88.3 cm³/mol. The summed E-state index contributed by atoms with van der Waals surface area (Å²) in [6.45, 7) is 1.01. The van der Waals surface area contributed by atoms with E-state index in [0.717, 1.165) is 28.6 Å². The molecular formula is C14H18N4S2. The molecule has 0 radical (unpaired) electrons. The van der Waals surface area contributed by atoms with Crippen LogP contribution < -0.4 is 11.1 Å². The van der Waals surface area contributed by atoms with E-state index in [1.807, 2.05) is 12.1 Å². The minimum absolute atomic E-state index is 0.600. The van der Waals surface area contributed by atoms with Crippen LogP contribution in [0.25, 0.3) is 11.1 Å². The molecule has 0 aromatic carbocycles. The number of anilines is 2. The second-order valence-electron chi connectivity index (χ2n) is 4.94. The van der Waals surface area contributed by atoms with Crippen LogP contribution in [0.15, 0.2) is 24.5 Å². The third-order valence-electron chi connectivity index (χ3n) is 3.58. The smallest absolute Gasteiger partial charge is 0.147 e. The van der Waals surface area contributed by atoms with Gasteiger partial charge in [-0.15, -0.1) is 0 Å². The summed E-state index contributed by atoms with van der Waals surface area (Å²) in [5, 5.41) is 4.62. The van der Waals surface area contributed by atoms with Gasteiger partial charge in [-0.2, -0.15) is 16.1 Å². The molecule has 3 rings (SSSR count). The quantitative estimate of drug-likeness (QED) is 0.907. The number of nitrogens with two attached hydrogens (primary N) is 1. The molecule has 0 amide bonds. The molecule has 0 aliphatic carbocycles. The number of hydrogen-bond acceptors (Lipinski definition) is 6. The Kier molecular flexibility index (Phi) is 4.42. The van der Waals surface area contributed by atoms with Gasteiger partial charge in [0.05, 0.1) is 5.56 Å². The highest BCUT2D eigenvalue weighted by molar-refractivity contribution is 7.99. The van der Waals surface area contributed by atoms with Crippen molar-refractivity contribution >= 4 is 34.1 Å². The summed E-state index contributed by atoms with van der Waals surface area (Å²) in [6, 6.07) is 3.95. The third-order valence-corrected chi connectivity index (χ3v) is 5.45. The third kappa shape index (κ3) is 3.07. The molecule has 1 aliphatic rings. The van der Waals surface area contributed by atoms with Crippen molar-refractivity contribution in [2.24, 2.45) is 5.92 Å². The van der Waals surface area contributed by atoms with E-state index in [2.05, 4.69) is 26.4 Å². The van der Waals surface area contributed by atoms with Gasteiger partial charge in [0, 0.05) is 18.9 Å². The number of rotatable bonds is 4. The van der Waals surface area contributed by atoms with Crippen LogP contribution in [0.4, 0.5) is 10.8 Å². The lowest BCUT2D eigenvalue weighted by atomic mass is 10.0. The average molecular weight is 306 g/mol. The van der Waals surface area contributed by atoms with E-state index in [0.29, 0.717) is 5.82 Å². The van der Waals surface area contributed by atoms with Crippen molar-refractivity contribution in [1.29, 1.82) is 0 Å². The van der Waals surface area contributed by atoms with Crippen molar-refractivity contribution in [3.63, 3.8) is 0 Å². The van der Waals surface area contributed by atoms with E-state index < -0.39 is 0 Å². The Balaban J connectivity index is 1.74. The second-order valence-corrected chi connectivity index (χ2v) is 6.94. The second kappa shape index (κ2) is 6.45. The zero-order valence-corrected chi connectivity index (χ0v) is 12.8. The Morgan fingerprint density at radius 3 is 2.75 bits per heavy atom. The Labute approximate surface area is 127 Å². The van der Waals surface area contributed by atoms with Gasteiger partial charge in [0.2, 0.25) is 0 Å². The number of nitrogens with zero attached hydrogens (tertiary/aromatic N) is 2. The van der Waals surface area contributed by atoms with Gasteiger partial charge in [0.1, 0.15) is 10.8 Å². The first-order valence-electron chi connectivity index (χ1n) is 6.82. The molecule has 106 valence electrons. The van der Waals surface area contributed by atoms with Crippen LogP contribution >= 0.6 is 23.3 Å². The fourth-order valence-corrected chi connectivity index (χ4v) is 4.35. The van der Waals surface area contributed by atoms with Gasteiger partial charge in [-0.25, -0.2) is 0 Å². The Morgan fingerprint density at radius 1 is 1.25 bits per heavy atom. The molecule has 2 aromatic rings. The molecule has 20 heavy (non-hydrogen) atoms. The summed E-state index contributed by atoms with van der Waals surface area (Å²) < 4.78 is 4.29. The Morgan fingerprint density at radius 2 is 2.00 bits per heavy atom. The largest absolute Gasteiger partial charge is 0.382 e. The van der Waals surface area contributed by atoms with Crippen molar-refractivity contribution in [1.82, 2.24) is 9.36 Å². The molecule has 0 atom stereocenters. The van der Waals surface area contributed by atoms with Crippen LogP contribution in [0.2, 0.25) is 0 Å². The van der Waals surface area contributed by atoms with Gasteiger partial charge in [0.25, 0.3) is 0 Å². The number of pyridine rings is 1. The molecule has 0 spiro atoms. The molecule has 1 fully saturated rings. The van der Waals surface area contributed by atoms with Crippen molar-refractivity contribution in [3.05, 3.63) is 24.5 Å². The van der Waals surface area contributed by atoms with Crippen molar-refractivity contribution in [3.8, 4) is 11.1 Å². The average Bonchev–Trinajstić information content (AvgIpc) is 2.88. The maximum absolute atomic E-state index is 6.02. The molecule has 0 unspecified atom stereocenters. The van der Waals surface area contributed by atoms with Crippen LogP contribution in [0.1, 0.15) is 12.8 Å². The van der Waals surface area contributed by atoms with E-state index in [9.17, 15) is 0 Å².